The van der Waals surface area contributed by atoms with Gasteiger partial charge in [0.1, 0.15) is 5.82 Å². The smallest absolute Gasteiger partial charge is 0.258 e. The van der Waals surface area contributed by atoms with Gasteiger partial charge in [0.2, 0.25) is 0 Å². The number of hydrogen-bond donors (Lipinski definition) is 2. The van der Waals surface area contributed by atoms with E-state index in [-0.39, 0.29) is 5.91 Å². The van der Waals surface area contributed by atoms with E-state index in [1.807, 2.05) is 6.92 Å². The quantitative estimate of drug-likeness (QED) is 0.877. The minimum atomic E-state index is -0.317. The van der Waals surface area contributed by atoms with Gasteiger partial charge >= 0.3 is 0 Å². The van der Waals surface area contributed by atoms with Gasteiger partial charge in [-0.3, -0.25) is 4.79 Å². The molecule has 4 nitrogen and oxygen atoms in total. The Morgan fingerprint density at radius 2 is 2.21 bits per heavy atom. The fourth-order valence-corrected chi connectivity index (χ4v) is 2.08. The van der Waals surface area contributed by atoms with Crippen molar-refractivity contribution in [3.63, 3.8) is 0 Å². The fourth-order valence-electron chi connectivity index (χ4n) is 1.50. The summed E-state index contributed by atoms with van der Waals surface area (Å²) in [5.74, 6) is 0.121. The molecule has 0 aliphatic heterocycles. The summed E-state index contributed by atoms with van der Waals surface area (Å²) >= 11 is 9.34. The molecule has 1 aromatic heterocycles. The SMILES string of the molecule is Cc1cc(NC(=O)c2cccc(Br)c2Cl)ncc1N. The van der Waals surface area contributed by atoms with E-state index in [9.17, 15) is 4.79 Å². The maximum Gasteiger partial charge on any atom is 0.258 e. The van der Waals surface area contributed by atoms with Gasteiger partial charge in [-0.05, 0) is 46.6 Å². The van der Waals surface area contributed by atoms with Gasteiger partial charge in [0.05, 0.1) is 22.5 Å². The molecule has 1 aromatic carbocycles. The number of pyridine rings is 1. The summed E-state index contributed by atoms with van der Waals surface area (Å²) in [6.07, 6.45) is 1.51. The van der Waals surface area contributed by atoms with Crippen LogP contribution in [0.5, 0.6) is 0 Å². The molecule has 0 aliphatic carbocycles. The van der Waals surface area contributed by atoms with E-state index in [0.29, 0.717) is 26.6 Å². The molecular weight excluding hydrogens is 330 g/mol. The molecule has 2 rings (SSSR count). The summed E-state index contributed by atoms with van der Waals surface area (Å²) in [6, 6.07) is 6.86. The zero-order valence-corrected chi connectivity index (χ0v) is 12.4. The average molecular weight is 341 g/mol. The van der Waals surface area contributed by atoms with Crippen molar-refractivity contribution in [2.24, 2.45) is 0 Å². The number of carbonyl (C=O) groups is 1. The van der Waals surface area contributed by atoms with Gasteiger partial charge < -0.3 is 11.1 Å². The molecule has 1 heterocycles. The molecule has 98 valence electrons. The Labute approximate surface area is 124 Å². The topological polar surface area (TPSA) is 68.0 Å². The largest absolute Gasteiger partial charge is 0.397 e. The van der Waals surface area contributed by atoms with Gasteiger partial charge in [-0.2, -0.15) is 0 Å². The number of aryl methyl sites for hydroxylation is 1. The van der Waals surface area contributed by atoms with Gasteiger partial charge in [0.15, 0.2) is 0 Å². The van der Waals surface area contributed by atoms with Gasteiger partial charge in [0, 0.05) is 4.47 Å². The van der Waals surface area contributed by atoms with Gasteiger partial charge in [-0.1, -0.05) is 17.7 Å². The first-order chi connectivity index (χ1) is 8.99. The van der Waals surface area contributed by atoms with Crippen LogP contribution in [0, 0.1) is 6.92 Å². The third-order valence-corrected chi connectivity index (χ3v) is 3.89. The molecule has 6 heteroatoms. The van der Waals surface area contributed by atoms with Gasteiger partial charge in [0.25, 0.3) is 5.91 Å². The Kier molecular flexibility index (Phi) is 4.07. The van der Waals surface area contributed by atoms with E-state index in [1.165, 1.54) is 6.20 Å². The number of carbonyl (C=O) groups excluding carboxylic acids is 1. The number of hydrogen-bond acceptors (Lipinski definition) is 3. The second-order valence-electron chi connectivity index (χ2n) is 3.98. The van der Waals surface area contributed by atoms with Crippen LogP contribution in [-0.4, -0.2) is 10.9 Å². The lowest BCUT2D eigenvalue weighted by Gasteiger charge is -2.08. The highest BCUT2D eigenvalue weighted by Gasteiger charge is 2.13. The van der Waals surface area contributed by atoms with E-state index in [4.69, 9.17) is 17.3 Å². The number of nitrogens with one attached hydrogen (secondary N) is 1. The summed E-state index contributed by atoms with van der Waals surface area (Å²) in [6.45, 7) is 1.85. The molecular formula is C13H11BrClN3O. The molecule has 0 aliphatic rings. The third kappa shape index (κ3) is 3.05. The van der Waals surface area contributed by atoms with Crippen molar-refractivity contribution in [3.05, 3.63) is 51.1 Å². The first kappa shape index (κ1) is 13.8. The molecule has 0 fully saturated rings. The van der Waals surface area contributed by atoms with Crippen molar-refractivity contribution in [2.45, 2.75) is 6.92 Å². The number of benzene rings is 1. The fraction of sp³-hybridized carbons (Fsp3) is 0.0769. The molecule has 0 bridgehead atoms. The number of amides is 1. The number of halogens is 2. The molecule has 1 amide bonds. The molecule has 0 unspecified atom stereocenters. The minimum Gasteiger partial charge on any atom is -0.397 e. The number of anilines is 2. The molecule has 0 spiro atoms. The Hall–Kier alpha value is -1.59. The normalized spacial score (nSPS) is 10.3. The Morgan fingerprint density at radius 3 is 2.89 bits per heavy atom. The van der Waals surface area contributed by atoms with Crippen molar-refractivity contribution in [1.29, 1.82) is 0 Å². The number of aromatic nitrogens is 1. The van der Waals surface area contributed by atoms with Crippen LogP contribution in [0.15, 0.2) is 34.9 Å². The molecule has 2 aromatic rings. The maximum absolute atomic E-state index is 12.1. The zero-order chi connectivity index (χ0) is 14.0. The summed E-state index contributed by atoms with van der Waals surface area (Å²) in [5.41, 5.74) is 7.49. The van der Waals surface area contributed by atoms with E-state index in [0.717, 1.165) is 5.56 Å². The van der Waals surface area contributed by atoms with E-state index >= 15 is 0 Å². The highest BCUT2D eigenvalue weighted by molar-refractivity contribution is 9.10. The Balaban J connectivity index is 2.26. The number of nitrogens with zero attached hydrogens (tertiary/aromatic N) is 1. The Bertz CT molecular complexity index is 646. The summed E-state index contributed by atoms with van der Waals surface area (Å²) in [7, 11) is 0. The standard InChI is InChI=1S/C13H11BrClN3O/c1-7-5-11(17-6-10(7)16)18-13(19)8-3-2-4-9(14)12(8)15/h2-6H,16H2,1H3,(H,17,18,19). The van der Waals surface area contributed by atoms with Crippen LogP contribution in [0.4, 0.5) is 11.5 Å². The van der Waals surface area contributed by atoms with Crippen LogP contribution in [-0.2, 0) is 0 Å². The van der Waals surface area contributed by atoms with Gasteiger partial charge in [-0.25, -0.2) is 4.98 Å². The van der Waals surface area contributed by atoms with Crippen LogP contribution in [0.3, 0.4) is 0 Å². The highest BCUT2D eigenvalue weighted by Crippen LogP contribution is 2.26. The highest BCUT2D eigenvalue weighted by atomic mass is 79.9. The average Bonchev–Trinajstić information content (AvgIpc) is 2.37. The number of nitrogen functional groups attached to an aromatic ring is 1. The van der Waals surface area contributed by atoms with Crippen molar-refractivity contribution in [3.8, 4) is 0 Å². The lowest BCUT2D eigenvalue weighted by Crippen LogP contribution is -2.14. The third-order valence-electron chi connectivity index (χ3n) is 2.59. The molecule has 0 radical (unpaired) electrons. The minimum absolute atomic E-state index is 0.317. The van der Waals surface area contributed by atoms with E-state index in [2.05, 4.69) is 26.2 Å². The monoisotopic (exact) mass is 339 g/mol. The lowest BCUT2D eigenvalue weighted by molar-refractivity contribution is 0.102. The van der Waals surface area contributed by atoms with Crippen molar-refractivity contribution < 1.29 is 4.79 Å². The second-order valence-corrected chi connectivity index (χ2v) is 5.21. The lowest BCUT2D eigenvalue weighted by atomic mass is 10.2. The Morgan fingerprint density at radius 1 is 1.47 bits per heavy atom. The summed E-state index contributed by atoms with van der Waals surface area (Å²) < 4.78 is 0.670. The first-order valence-electron chi connectivity index (χ1n) is 5.46. The number of rotatable bonds is 2. The first-order valence-corrected chi connectivity index (χ1v) is 6.63. The van der Waals surface area contributed by atoms with Crippen molar-refractivity contribution in [1.82, 2.24) is 4.98 Å². The summed E-state index contributed by atoms with van der Waals surface area (Å²) in [5, 5.41) is 3.05. The van der Waals surface area contributed by atoms with Crippen LogP contribution in [0.25, 0.3) is 0 Å². The van der Waals surface area contributed by atoms with Gasteiger partial charge in [-0.15, -0.1) is 0 Å². The predicted octanol–water partition coefficient (Wildman–Crippen LogP) is 3.64. The van der Waals surface area contributed by atoms with Crippen LogP contribution in [0.2, 0.25) is 5.02 Å². The molecule has 0 saturated heterocycles. The maximum atomic E-state index is 12.1. The number of nitrogens with two attached hydrogens (primary N) is 1. The summed E-state index contributed by atoms with van der Waals surface area (Å²) in [4.78, 5) is 16.1. The molecule has 19 heavy (non-hydrogen) atoms. The zero-order valence-electron chi connectivity index (χ0n) is 10.1. The van der Waals surface area contributed by atoms with Crippen molar-refractivity contribution >= 4 is 44.9 Å². The van der Waals surface area contributed by atoms with E-state index in [1.54, 1.807) is 24.3 Å². The van der Waals surface area contributed by atoms with Crippen LogP contribution < -0.4 is 11.1 Å². The molecule has 0 saturated carbocycles. The predicted molar refractivity (Wildman–Crippen MR) is 80.5 cm³/mol. The second kappa shape index (κ2) is 5.59. The molecule has 3 N–H and O–H groups in total. The van der Waals surface area contributed by atoms with Crippen molar-refractivity contribution in [2.75, 3.05) is 11.1 Å². The van der Waals surface area contributed by atoms with E-state index < -0.39 is 0 Å². The van der Waals surface area contributed by atoms with Crippen LogP contribution in [0.1, 0.15) is 15.9 Å². The van der Waals surface area contributed by atoms with Crippen LogP contribution >= 0.6 is 27.5 Å². The molecule has 0 atom stereocenters.